The van der Waals surface area contributed by atoms with Gasteiger partial charge in [-0.3, -0.25) is 0 Å². The fraction of sp³-hybridized carbons (Fsp3) is 0.750. The van der Waals surface area contributed by atoms with Gasteiger partial charge in [0, 0.05) is 12.1 Å². The van der Waals surface area contributed by atoms with Gasteiger partial charge in [-0.1, -0.05) is 0 Å². The van der Waals surface area contributed by atoms with E-state index in [9.17, 15) is 13.2 Å². The van der Waals surface area contributed by atoms with Crippen LogP contribution < -0.4 is 5.32 Å². The summed E-state index contributed by atoms with van der Waals surface area (Å²) in [7, 11) is -1.47. The molecule has 2 aliphatic rings. The van der Waals surface area contributed by atoms with Crippen molar-refractivity contribution in [1.82, 2.24) is 5.32 Å². The highest BCUT2D eigenvalue weighted by atomic mass is 32.2. The van der Waals surface area contributed by atoms with E-state index in [-0.39, 0.29) is 23.4 Å². The maximum Gasteiger partial charge on any atom is 0.333 e. The topological polar surface area (TPSA) is 72.5 Å². The molecule has 18 heavy (non-hydrogen) atoms. The van der Waals surface area contributed by atoms with Crippen LogP contribution in [0.2, 0.25) is 0 Å². The average molecular weight is 273 g/mol. The first kappa shape index (κ1) is 13.5. The number of hydrogen-bond acceptors (Lipinski definition) is 5. The van der Waals surface area contributed by atoms with E-state index in [2.05, 4.69) is 5.32 Å². The summed E-state index contributed by atoms with van der Waals surface area (Å²) < 4.78 is 27.7. The van der Waals surface area contributed by atoms with Crippen LogP contribution in [0, 0.1) is 5.92 Å². The summed E-state index contributed by atoms with van der Waals surface area (Å²) in [6, 6.07) is 0. The third-order valence-corrected chi connectivity index (χ3v) is 5.45. The lowest BCUT2D eigenvalue weighted by atomic mass is 9.86. The smallest absolute Gasteiger partial charge is 0.333 e. The standard InChI is InChI=1S/C12H19NO4S/c1-17-12(14)10-2-5-13-8-11(10)9-3-6-18(15,16)7-4-9/h9,13H,2-8H2,1H3. The van der Waals surface area contributed by atoms with Gasteiger partial charge in [0.05, 0.1) is 18.6 Å². The molecule has 0 saturated carbocycles. The molecule has 2 heterocycles. The number of hydrogen-bond donors (Lipinski definition) is 1. The summed E-state index contributed by atoms with van der Waals surface area (Å²) in [6.07, 6.45) is 1.92. The minimum atomic E-state index is -2.86. The van der Waals surface area contributed by atoms with Crippen molar-refractivity contribution in [1.29, 1.82) is 0 Å². The van der Waals surface area contributed by atoms with Crippen molar-refractivity contribution in [2.45, 2.75) is 19.3 Å². The third-order valence-electron chi connectivity index (χ3n) is 3.73. The van der Waals surface area contributed by atoms with E-state index in [0.717, 1.165) is 17.7 Å². The second kappa shape index (κ2) is 5.40. The second-order valence-corrected chi connectivity index (χ2v) is 7.15. The highest BCUT2D eigenvalue weighted by molar-refractivity contribution is 7.91. The predicted molar refractivity (Wildman–Crippen MR) is 67.9 cm³/mol. The number of carbonyl (C=O) groups excluding carboxylic acids is 1. The fourth-order valence-electron chi connectivity index (χ4n) is 2.69. The molecule has 0 aromatic heterocycles. The molecule has 0 unspecified atom stereocenters. The minimum Gasteiger partial charge on any atom is -0.466 e. The lowest BCUT2D eigenvalue weighted by molar-refractivity contribution is -0.136. The van der Waals surface area contributed by atoms with Crippen molar-refractivity contribution in [2.24, 2.45) is 5.92 Å². The Morgan fingerprint density at radius 2 is 2.00 bits per heavy atom. The van der Waals surface area contributed by atoms with E-state index >= 15 is 0 Å². The molecule has 0 atom stereocenters. The van der Waals surface area contributed by atoms with Crippen molar-refractivity contribution in [3.8, 4) is 0 Å². The molecule has 0 aliphatic carbocycles. The lowest BCUT2D eigenvalue weighted by Gasteiger charge is -2.29. The summed E-state index contributed by atoms with van der Waals surface area (Å²) in [6.45, 7) is 1.45. The molecule has 0 aromatic carbocycles. The first-order valence-corrected chi connectivity index (χ1v) is 8.07. The van der Waals surface area contributed by atoms with E-state index in [1.807, 2.05) is 0 Å². The zero-order chi connectivity index (χ0) is 13.2. The monoisotopic (exact) mass is 273 g/mol. The molecule has 5 nitrogen and oxygen atoms in total. The van der Waals surface area contributed by atoms with E-state index in [4.69, 9.17) is 4.74 Å². The maximum absolute atomic E-state index is 11.7. The molecule has 0 bridgehead atoms. The van der Waals surface area contributed by atoms with Crippen molar-refractivity contribution >= 4 is 15.8 Å². The van der Waals surface area contributed by atoms with Gasteiger partial charge in [0.2, 0.25) is 0 Å². The average Bonchev–Trinajstić information content (AvgIpc) is 2.38. The quantitative estimate of drug-likeness (QED) is 0.731. The van der Waals surface area contributed by atoms with Crippen LogP contribution in [0.3, 0.4) is 0 Å². The van der Waals surface area contributed by atoms with Crippen molar-refractivity contribution in [2.75, 3.05) is 31.7 Å². The number of esters is 1. The molecule has 1 saturated heterocycles. The van der Waals surface area contributed by atoms with E-state index in [1.165, 1.54) is 7.11 Å². The van der Waals surface area contributed by atoms with Gasteiger partial charge < -0.3 is 10.1 Å². The Balaban J connectivity index is 2.19. The van der Waals surface area contributed by atoms with Crippen LogP contribution in [0.5, 0.6) is 0 Å². The summed E-state index contributed by atoms with van der Waals surface area (Å²) in [4.78, 5) is 11.7. The molecule has 102 valence electrons. The van der Waals surface area contributed by atoms with Crippen LogP contribution in [-0.4, -0.2) is 46.1 Å². The van der Waals surface area contributed by atoms with Crippen molar-refractivity contribution < 1.29 is 17.9 Å². The SMILES string of the molecule is COC(=O)C1=C(C2CCS(=O)(=O)CC2)CNCC1. The normalized spacial score (nSPS) is 24.9. The summed E-state index contributed by atoms with van der Waals surface area (Å²) in [5, 5.41) is 3.25. The molecule has 1 fully saturated rings. The van der Waals surface area contributed by atoms with E-state index < -0.39 is 9.84 Å². The van der Waals surface area contributed by atoms with Gasteiger partial charge in [0.25, 0.3) is 0 Å². The Bertz CT molecular complexity index is 452. The summed E-state index contributed by atoms with van der Waals surface area (Å²) in [5.41, 5.74) is 1.81. The zero-order valence-corrected chi connectivity index (χ0v) is 11.4. The van der Waals surface area contributed by atoms with Gasteiger partial charge in [0.15, 0.2) is 0 Å². The molecule has 6 heteroatoms. The third kappa shape index (κ3) is 2.92. The molecule has 0 amide bonds. The molecule has 2 aliphatic heterocycles. The number of ether oxygens (including phenoxy) is 1. The van der Waals surface area contributed by atoms with Crippen LogP contribution in [0.4, 0.5) is 0 Å². The fourth-order valence-corrected chi connectivity index (χ4v) is 4.18. The Labute approximate surface area is 108 Å². The largest absolute Gasteiger partial charge is 0.466 e. The van der Waals surface area contributed by atoms with Gasteiger partial charge in [-0.05, 0) is 37.3 Å². The predicted octanol–water partition coefficient (Wildman–Crippen LogP) is 0.274. The number of carbonyl (C=O) groups is 1. The Kier molecular flexibility index (Phi) is 4.07. The molecule has 0 aromatic rings. The molecule has 1 N–H and O–H groups in total. The van der Waals surface area contributed by atoms with Crippen LogP contribution in [0.15, 0.2) is 11.1 Å². The van der Waals surface area contributed by atoms with Gasteiger partial charge >= 0.3 is 5.97 Å². The Morgan fingerprint density at radius 1 is 1.33 bits per heavy atom. The summed E-state index contributed by atoms with van der Waals surface area (Å²) >= 11 is 0. The summed E-state index contributed by atoms with van der Waals surface area (Å²) in [5.74, 6) is 0.404. The highest BCUT2D eigenvalue weighted by Crippen LogP contribution is 2.30. The van der Waals surface area contributed by atoms with Gasteiger partial charge in [-0.15, -0.1) is 0 Å². The number of rotatable bonds is 2. The van der Waals surface area contributed by atoms with Crippen LogP contribution in [-0.2, 0) is 19.4 Å². The van der Waals surface area contributed by atoms with Crippen LogP contribution >= 0.6 is 0 Å². The van der Waals surface area contributed by atoms with E-state index in [1.54, 1.807) is 0 Å². The minimum absolute atomic E-state index is 0.204. The first-order chi connectivity index (χ1) is 8.53. The van der Waals surface area contributed by atoms with Crippen LogP contribution in [0.1, 0.15) is 19.3 Å². The molecular formula is C12H19NO4S. The van der Waals surface area contributed by atoms with Crippen molar-refractivity contribution in [3.63, 3.8) is 0 Å². The molecular weight excluding hydrogens is 254 g/mol. The van der Waals surface area contributed by atoms with Crippen molar-refractivity contribution in [3.05, 3.63) is 11.1 Å². The second-order valence-electron chi connectivity index (χ2n) is 4.85. The number of nitrogens with one attached hydrogen (secondary N) is 1. The van der Waals surface area contributed by atoms with Gasteiger partial charge in [0.1, 0.15) is 9.84 Å². The first-order valence-electron chi connectivity index (χ1n) is 6.25. The molecule has 2 rings (SSSR count). The molecule has 0 radical (unpaired) electrons. The van der Waals surface area contributed by atoms with E-state index in [0.29, 0.717) is 25.8 Å². The molecule has 0 spiro atoms. The Morgan fingerprint density at radius 3 is 2.61 bits per heavy atom. The number of sulfone groups is 1. The number of methoxy groups -OCH3 is 1. The maximum atomic E-state index is 11.7. The zero-order valence-electron chi connectivity index (χ0n) is 10.6. The highest BCUT2D eigenvalue weighted by Gasteiger charge is 2.30. The van der Waals surface area contributed by atoms with Crippen LogP contribution in [0.25, 0.3) is 0 Å². The van der Waals surface area contributed by atoms with Gasteiger partial charge in [-0.25, -0.2) is 13.2 Å². The lowest BCUT2D eigenvalue weighted by Crippen LogP contribution is -2.34. The Hall–Kier alpha value is -0.880. The van der Waals surface area contributed by atoms with Gasteiger partial charge in [-0.2, -0.15) is 0 Å².